The van der Waals surface area contributed by atoms with E-state index >= 15 is 0 Å². The van der Waals surface area contributed by atoms with Gasteiger partial charge in [-0.1, -0.05) is 90.7 Å². The van der Waals surface area contributed by atoms with Crippen LogP contribution < -0.4 is 10.5 Å². The fourth-order valence-electron chi connectivity index (χ4n) is 5.34. The Bertz CT molecular complexity index is 1680. The summed E-state index contributed by atoms with van der Waals surface area (Å²) in [6, 6.07) is 24.3. The number of benzene rings is 2. The number of carbonyl (C=O) groups excluding carboxylic acids is 1. The third kappa shape index (κ3) is 5.84. The van der Waals surface area contributed by atoms with Gasteiger partial charge in [-0.05, 0) is 42.2 Å². The lowest BCUT2D eigenvalue weighted by Crippen LogP contribution is -2.47. The van der Waals surface area contributed by atoms with Crippen LogP contribution in [0.4, 0.5) is 5.82 Å². The Hall–Kier alpha value is -3.79. The van der Waals surface area contributed by atoms with Crippen LogP contribution >= 0.6 is 24.0 Å². The standard InChI is InChI=1S/C32H31N5O2S2/c1-23-9-8-15-36-28(23)33-29(35-19-17-34(18-20-35)22-25-12-6-3-7-13-25)26(30(36)38)21-27-31(39)37(32(40)41-27)16-14-24-10-4-2-5-11-24/h2-13,15,21H,14,16-20,22H2,1H3/b27-21-. The molecule has 41 heavy (non-hydrogen) atoms. The van der Waals surface area contributed by atoms with Gasteiger partial charge in [-0.15, -0.1) is 0 Å². The van der Waals surface area contributed by atoms with Crippen LogP contribution in [0, 0.1) is 6.92 Å². The van der Waals surface area contributed by atoms with E-state index in [1.165, 1.54) is 17.3 Å². The molecule has 2 aliphatic heterocycles. The molecule has 2 fully saturated rings. The molecular weight excluding hydrogens is 551 g/mol. The molecule has 2 aromatic carbocycles. The van der Waals surface area contributed by atoms with E-state index in [4.69, 9.17) is 17.2 Å². The smallest absolute Gasteiger partial charge is 0.267 e. The number of hydrogen-bond donors (Lipinski definition) is 0. The summed E-state index contributed by atoms with van der Waals surface area (Å²) < 4.78 is 2.09. The zero-order valence-corrected chi connectivity index (χ0v) is 24.5. The molecule has 0 spiro atoms. The maximum Gasteiger partial charge on any atom is 0.267 e. The van der Waals surface area contributed by atoms with E-state index in [-0.39, 0.29) is 11.5 Å². The van der Waals surface area contributed by atoms with Gasteiger partial charge < -0.3 is 4.90 Å². The van der Waals surface area contributed by atoms with Crippen molar-refractivity contribution in [3.63, 3.8) is 0 Å². The van der Waals surface area contributed by atoms with Gasteiger partial charge in [0.1, 0.15) is 15.8 Å². The number of pyridine rings is 1. The lowest BCUT2D eigenvalue weighted by molar-refractivity contribution is -0.122. The molecule has 6 rings (SSSR count). The number of fused-ring (bicyclic) bond motifs is 1. The zero-order chi connectivity index (χ0) is 28.3. The third-order valence-electron chi connectivity index (χ3n) is 7.60. The molecule has 2 saturated heterocycles. The SMILES string of the molecule is Cc1cccn2c(=O)c(/C=C3\SC(=S)N(CCc4ccccc4)C3=O)c(N3CCN(Cc4ccccc4)CC3)nc12. The maximum atomic E-state index is 13.9. The maximum absolute atomic E-state index is 13.9. The van der Waals surface area contributed by atoms with E-state index in [1.807, 2.05) is 55.5 Å². The van der Waals surface area contributed by atoms with Crippen molar-refractivity contribution >= 4 is 51.7 Å². The molecule has 4 heterocycles. The van der Waals surface area contributed by atoms with Crippen molar-refractivity contribution in [2.45, 2.75) is 19.9 Å². The van der Waals surface area contributed by atoms with Crippen molar-refractivity contribution in [3.05, 3.63) is 117 Å². The highest BCUT2D eigenvalue weighted by atomic mass is 32.2. The van der Waals surface area contributed by atoms with Crippen LogP contribution in [-0.4, -0.2) is 62.1 Å². The summed E-state index contributed by atoms with van der Waals surface area (Å²) in [5.74, 6) is 0.460. The quantitative estimate of drug-likeness (QED) is 0.230. The highest BCUT2D eigenvalue weighted by molar-refractivity contribution is 8.26. The summed E-state index contributed by atoms with van der Waals surface area (Å²) in [5.41, 5.74) is 4.22. The number of nitrogens with zero attached hydrogens (tertiary/aromatic N) is 5. The van der Waals surface area contributed by atoms with Gasteiger partial charge in [0.15, 0.2) is 0 Å². The van der Waals surface area contributed by atoms with Crippen LogP contribution in [-0.2, 0) is 17.8 Å². The topological polar surface area (TPSA) is 61.2 Å². The van der Waals surface area contributed by atoms with Crippen molar-refractivity contribution in [3.8, 4) is 0 Å². The van der Waals surface area contributed by atoms with Crippen molar-refractivity contribution in [2.75, 3.05) is 37.6 Å². The van der Waals surface area contributed by atoms with Crippen LogP contribution in [0.2, 0.25) is 0 Å². The minimum Gasteiger partial charge on any atom is -0.353 e. The van der Waals surface area contributed by atoms with Gasteiger partial charge in [0, 0.05) is 45.5 Å². The van der Waals surface area contributed by atoms with Gasteiger partial charge in [-0.3, -0.25) is 23.8 Å². The summed E-state index contributed by atoms with van der Waals surface area (Å²) in [5, 5.41) is 0. The fourth-order valence-corrected chi connectivity index (χ4v) is 6.63. The lowest BCUT2D eigenvalue weighted by atomic mass is 10.1. The van der Waals surface area contributed by atoms with E-state index in [1.54, 1.807) is 21.6 Å². The van der Waals surface area contributed by atoms with E-state index in [0.717, 1.165) is 43.9 Å². The number of rotatable bonds is 7. The molecule has 7 nitrogen and oxygen atoms in total. The first-order valence-electron chi connectivity index (χ1n) is 13.8. The number of thiocarbonyl (C=S) groups is 1. The van der Waals surface area contributed by atoms with Gasteiger partial charge in [0.2, 0.25) is 0 Å². The van der Waals surface area contributed by atoms with E-state index in [2.05, 4.69) is 34.1 Å². The number of aryl methyl sites for hydroxylation is 1. The number of carbonyl (C=O) groups is 1. The lowest BCUT2D eigenvalue weighted by Gasteiger charge is -2.36. The molecule has 0 radical (unpaired) electrons. The van der Waals surface area contributed by atoms with Gasteiger partial charge in [-0.25, -0.2) is 4.98 Å². The van der Waals surface area contributed by atoms with Crippen LogP contribution in [0.1, 0.15) is 22.3 Å². The molecule has 1 amide bonds. The Labute approximate surface area is 249 Å². The molecule has 0 bridgehead atoms. The van der Waals surface area contributed by atoms with Gasteiger partial charge in [0.05, 0.1) is 10.5 Å². The van der Waals surface area contributed by atoms with Crippen LogP contribution in [0.3, 0.4) is 0 Å². The molecule has 0 unspecified atom stereocenters. The number of aromatic nitrogens is 2. The molecule has 9 heteroatoms. The van der Waals surface area contributed by atoms with Crippen molar-refractivity contribution in [2.24, 2.45) is 0 Å². The predicted octanol–water partition coefficient (Wildman–Crippen LogP) is 4.77. The van der Waals surface area contributed by atoms with Crippen LogP contribution in [0.5, 0.6) is 0 Å². The molecule has 0 N–H and O–H groups in total. The van der Waals surface area contributed by atoms with E-state index in [0.29, 0.717) is 39.2 Å². The number of thioether (sulfide) groups is 1. The molecule has 0 atom stereocenters. The first kappa shape index (κ1) is 27.4. The average molecular weight is 582 g/mol. The molecular formula is C32H31N5O2S2. The summed E-state index contributed by atoms with van der Waals surface area (Å²) in [6.45, 7) is 6.52. The minimum atomic E-state index is -0.185. The Morgan fingerprint density at radius 3 is 2.29 bits per heavy atom. The third-order valence-corrected chi connectivity index (χ3v) is 8.98. The number of amides is 1. The number of piperazine rings is 1. The van der Waals surface area contributed by atoms with E-state index < -0.39 is 0 Å². The Morgan fingerprint density at radius 2 is 1.59 bits per heavy atom. The molecule has 0 saturated carbocycles. The van der Waals surface area contributed by atoms with Crippen molar-refractivity contribution in [1.82, 2.24) is 19.2 Å². The van der Waals surface area contributed by atoms with Gasteiger partial charge >= 0.3 is 0 Å². The molecule has 2 aliphatic rings. The van der Waals surface area contributed by atoms with Crippen LogP contribution in [0.25, 0.3) is 11.7 Å². The molecule has 0 aliphatic carbocycles. The van der Waals surface area contributed by atoms with Crippen molar-refractivity contribution < 1.29 is 4.79 Å². The Morgan fingerprint density at radius 1 is 0.902 bits per heavy atom. The van der Waals surface area contributed by atoms with E-state index in [9.17, 15) is 9.59 Å². The second kappa shape index (κ2) is 12.0. The molecule has 208 valence electrons. The first-order chi connectivity index (χ1) is 20.0. The number of anilines is 1. The molecule has 2 aromatic heterocycles. The Balaban J connectivity index is 1.29. The van der Waals surface area contributed by atoms with Gasteiger partial charge in [0.25, 0.3) is 11.5 Å². The normalized spacial score (nSPS) is 17.2. The summed E-state index contributed by atoms with van der Waals surface area (Å²) in [4.78, 5) is 39.1. The summed E-state index contributed by atoms with van der Waals surface area (Å²) in [7, 11) is 0. The minimum absolute atomic E-state index is 0.164. The average Bonchev–Trinajstić information content (AvgIpc) is 3.26. The first-order valence-corrected chi connectivity index (χ1v) is 15.0. The summed E-state index contributed by atoms with van der Waals surface area (Å²) >= 11 is 6.84. The second-order valence-electron chi connectivity index (χ2n) is 10.4. The highest BCUT2D eigenvalue weighted by Gasteiger charge is 2.33. The summed E-state index contributed by atoms with van der Waals surface area (Å²) in [6.07, 6.45) is 4.15. The largest absolute Gasteiger partial charge is 0.353 e. The fraction of sp³-hybridized carbons (Fsp3) is 0.250. The van der Waals surface area contributed by atoms with Gasteiger partial charge in [-0.2, -0.15) is 0 Å². The zero-order valence-electron chi connectivity index (χ0n) is 22.9. The highest BCUT2D eigenvalue weighted by Crippen LogP contribution is 2.34. The number of hydrogen-bond acceptors (Lipinski definition) is 7. The molecule has 4 aromatic rings. The second-order valence-corrected chi connectivity index (χ2v) is 12.0. The Kier molecular flexibility index (Phi) is 8.00. The van der Waals surface area contributed by atoms with Crippen molar-refractivity contribution in [1.29, 1.82) is 0 Å². The predicted molar refractivity (Wildman–Crippen MR) is 170 cm³/mol. The monoisotopic (exact) mass is 581 g/mol. The van der Waals surface area contributed by atoms with Crippen LogP contribution in [0.15, 0.2) is 88.7 Å².